The smallest absolute Gasteiger partial charge is 0.0123 e. The molecule has 5 rings (SSSR count). The minimum atomic E-state index is 0.361. The van der Waals surface area contributed by atoms with Crippen LogP contribution in [0.15, 0.2) is 114 Å². The van der Waals surface area contributed by atoms with Crippen molar-refractivity contribution in [3.8, 4) is 0 Å². The van der Waals surface area contributed by atoms with Crippen molar-refractivity contribution >= 4 is 11.1 Å². The van der Waals surface area contributed by atoms with Crippen LogP contribution in [-0.4, -0.2) is 0 Å². The summed E-state index contributed by atoms with van der Waals surface area (Å²) in [5, 5.41) is 0. The Morgan fingerprint density at radius 2 is 1.80 bits per heavy atom. The SMILES string of the molecule is C=C(C)c1ccc(C2=CC=C(C=C3CC4=CC(C)C(C(=C)CCC)C(c5ccccc5CC)C4C3=C)C2)c(C)c1. The molecule has 0 aliphatic heterocycles. The van der Waals surface area contributed by atoms with E-state index in [0.717, 1.165) is 37.7 Å². The van der Waals surface area contributed by atoms with E-state index in [4.69, 9.17) is 6.58 Å². The molecule has 0 amide bonds. The van der Waals surface area contributed by atoms with Crippen LogP contribution in [-0.2, 0) is 6.42 Å². The van der Waals surface area contributed by atoms with Crippen molar-refractivity contribution < 1.29 is 0 Å². The van der Waals surface area contributed by atoms with Gasteiger partial charge in [0.15, 0.2) is 0 Å². The Hall–Kier alpha value is -3.38. The molecule has 206 valence electrons. The number of allylic oxidation sites excluding steroid dienone is 11. The van der Waals surface area contributed by atoms with Gasteiger partial charge in [-0.1, -0.05) is 130 Å². The molecule has 4 atom stereocenters. The van der Waals surface area contributed by atoms with Gasteiger partial charge in [-0.25, -0.2) is 0 Å². The van der Waals surface area contributed by atoms with E-state index in [1.54, 1.807) is 5.57 Å². The molecule has 1 fully saturated rings. The van der Waals surface area contributed by atoms with Gasteiger partial charge in [0.2, 0.25) is 0 Å². The Balaban J connectivity index is 1.44. The van der Waals surface area contributed by atoms with Crippen LogP contribution >= 0.6 is 0 Å². The lowest BCUT2D eigenvalue weighted by Gasteiger charge is -2.42. The van der Waals surface area contributed by atoms with E-state index < -0.39 is 0 Å². The fraction of sp³-hybridized carbons (Fsp3) is 0.350. The Kier molecular flexibility index (Phi) is 8.18. The van der Waals surface area contributed by atoms with Crippen molar-refractivity contribution in [2.75, 3.05) is 0 Å². The van der Waals surface area contributed by atoms with Gasteiger partial charge in [0.25, 0.3) is 0 Å². The van der Waals surface area contributed by atoms with Crippen LogP contribution in [0.1, 0.15) is 87.1 Å². The first kappa shape index (κ1) is 28.2. The van der Waals surface area contributed by atoms with Crippen LogP contribution < -0.4 is 0 Å². The van der Waals surface area contributed by atoms with E-state index in [-0.39, 0.29) is 0 Å². The van der Waals surface area contributed by atoms with Gasteiger partial charge >= 0.3 is 0 Å². The molecular formula is C40H46. The molecule has 0 aromatic heterocycles. The molecule has 0 heterocycles. The van der Waals surface area contributed by atoms with Gasteiger partial charge < -0.3 is 0 Å². The summed E-state index contributed by atoms with van der Waals surface area (Å²) in [5.74, 6) is 1.70. The molecule has 0 N–H and O–H groups in total. The highest BCUT2D eigenvalue weighted by molar-refractivity contribution is 5.77. The predicted molar refractivity (Wildman–Crippen MR) is 175 cm³/mol. The molecule has 0 heteroatoms. The lowest BCUT2D eigenvalue weighted by atomic mass is 9.61. The number of aryl methyl sites for hydroxylation is 2. The highest BCUT2D eigenvalue weighted by Crippen LogP contribution is 2.57. The van der Waals surface area contributed by atoms with Crippen LogP contribution in [0.5, 0.6) is 0 Å². The second kappa shape index (κ2) is 11.6. The number of rotatable bonds is 8. The summed E-state index contributed by atoms with van der Waals surface area (Å²) in [7, 11) is 0. The maximum atomic E-state index is 4.78. The van der Waals surface area contributed by atoms with Gasteiger partial charge in [0, 0.05) is 11.8 Å². The molecule has 2 aromatic rings. The van der Waals surface area contributed by atoms with E-state index in [9.17, 15) is 0 Å². The highest BCUT2D eigenvalue weighted by Gasteiger charge is 2.45. The maximum absolute atomic E-state index is 4.78. The average molecular weight is 527 g/mol. The third-order valence-electron chi connectivity index (χ3n) is 9.53. The first-order valence-corrected chi connectivity index (χ1v) is 15.3. The third kappa shape index (κ3) is 5.22. The molecule has 40 heavy (non-hydrogen) atoms. The molecule has 0 spiro atoms. The molecule has 4 unspecified atom stereocenters. The Morgan fingerprint density at radius 1 is 1.02 bits per heavy atom. The first-order chi connectivity index (χ1) is 19.2. The predicted octanol–water partition coefficient (Wildman–Crippen LogP) is 11.1. The van der Waals surface area contributed by atoms with Gasteiger partial charge in [-0.15, -0.1) is 0 Å². The summed E-state index contributed by atoms with van der Waals surface area (Å²) in [5.41, 5.74) is 16.5. The second-order valence-electron chi connectivity index (χ2n) is 12.4. The number of benzene rings is 2. The number of hydrogen-bond acceptors (Lipinski definition) is 0. The summed E-state index contributed by atoms with van der Waals surface area (Å²) >= 11 is 0. The van der Waals surface area contributed by atoms with Crippen molar-refractivity contribution in [1.29, 1.82) is 0 Å². The fourth-order valence-corrected chi connectivity index (χ4v) is 7.61. The van der Waals surface area contributed by atoms with Crippen LogP contribution in [0.2, 0.25) is 0 Å². The van der Waals surface area contributed by atoms with Gasteiger partial charge in [-0.3, -0.25) is 0 Å². The van der Waals surface area contributed by atoms with Crippen molar-refractivity contribution in [2.45, 2.75) is 72.6 Å². The zero-order chi connectivity index (χ0) is 28.6. The summed E-state index contributed by atoms with van der Waals surface area (Å²) in [6, 6.07) is 15.9. The minimum absolute atomic E-state index is 0.361. The quantitative estimate of drug-likeness (QED) is 0.300. The highest BCUT2D eigenvalue weighted by atomic mass is 14.5. The largest absolute Gasteiger partial charge is 0.0995 e. The van der Waals surface area contributed by atoms with E-state index in [1.165, 1.54) is 55.7 Å². The second-order valence-corrected chi connectivity index (χ2v) is 12.4. The van der Waals surface area contributed by atoms with Gasteiger partial charge in [0.05, 0.1) is 0 Å². The molecule has 0 nitrogen and oxygen atoms in total. The summed E-state index contributed by atoms with van der Waals surface area (Å²) < 4.78 is 0. The van der Waals surface area contributed by atoms with Gasteiger partial charge in [-0.2, -0.15) is 0 Å². The molecule has 3 aliphatic rings. The van der Waals surface area contributed by atoms with Crippen LogP contribution in [0, 0.1) is 24.7 Å². The molecule has 0 radical (unpaired) electrons. The summed E-state index contributed by atoms with van der Waals surface area (Å²) in [6.45, 7) is 24.8. The molecule has 1 saturated carbocycles. The van der Waals surface area contributed by atoms with Crippen LogP contribution in [0.25, 0.3) is 11.1 Å². The van der Waals surface area contributed by atoms with E-state index >= 15 is 0 Å². The lowest BCUT2D eigenvalue weighted by molar-refractivity contribution is 0.321. The van der Waals surface area contributed by atoms with E-state index in [0.29, 0.717) is 23.7 Å². The molecule has 0 bridgehead atoms. The van der Waals surface area contributed by atoms with E-state index in [1.807, 2.05) is 0 Å². The zero-order valence-corrected chi connectivity index (χ0v) is 25.3. The third-order valence-corrected chi connectivity index (χ3v) is 9.53. The monoisotopic (exact) mass is 526 g/mol. The Labute approximate surface area is 243 Å². The van der Waals surface area contributed by atoms with Crippen molar-refractivity contribution in [3.63, 3.8) is 0 Å². The fourth-order valence-electron chi connectivity index (χ4n) is 7.61. The normalized spacial score (nSPS) is 25.0. The molecular weight excluding hydrogens is 480 g/mol. The maximum Gasteiger partial charge on any atom is 0.0123 e. The number of hydrogen-bond donors (Lipinski definition) is 0. The zero-order valence-electron chi connectivity index (χ0n) is 25.3. The molecule has 2 aromatic carbocycles. The van der Waals surface area contributed by atoms with Crippen molar-refractivity contribution in [1.82, 2.24) is 0 Å². The van der Waals surface area contributed by atoms with Gasteiger partial charge in [0.1, 0.15) is 0 Å². The molecule has 0 saturated heterocycles. The Bertz CT molecular complexity index is 1480. The summed E-state index contributed by atoms with van der Waals surface area (Å²) in [6.07, 6.45) is 15.0. The molecule has 3 aliphatic carbocycles. The van der Waals surface area contributed by atoms with Crippen LogP contribution in [0.3, 0.4) is 0 Å². The van der Waals surface area contributed by atoms with Crippen LogP contribution in [0.4, 0.5) is 0 Å². The van der Waals surface area contributed by atoms with Crippen molar-refractivity contribution in [3.05, 3.63) is 142 Å². The minimum Gasteiger partial charge on any atom is -0.0995 e. The first-order valence-electron chi connectivity index (χ1n) is 15.3. The van der Waals surface area contributed by atoms with Gasteiger partial charge in [-0.05, 0) is 101 Å². The standard InChI is InChI=1S/C40H46/c1-9-13-26(5)38-28(7)21-35-24-34(29(8)39(35)40(38)37-15-12-11-14-31(37)10-2)23-30-16-17-33(22-30)36-19-18-32(25(3)4)20-27(36)6/h11-12,14-21,23,28,38-40H,3,5,8-10,13,22,24H2,1-2,4,6-7H3. The lowest BCUT2D eigenvalue weighted by Crippen LogP contribution is -2.32. The Morgan fingerprint density at radius 3 is 2.50 bits per heavy atom. The summed E-state index contributed by atoms with van der Waals surface area (Å²) in [4.78, 5) is 0. The van der Waals surface area contributed by atoms with Crippen molar-refractivity contribution in [2.24, 2.45) is 17.8 Å². The number of fused-ring (bicyclic) bond motifs is 1. The average Bonchev–Trinajstić information content (AvgIpc) is 3.51. The van der Waals surface area contributed by atoms with E-state index in [2.05, 4.69) is 115 Å². The topological polar surface area (TPSA) is 0 Å².